The van der Waals surface area contributed by atoms with Gasteiger partial charge in [0.1, 0.15) is 5.75 Å². The Kier molecular flexibility index (Phi) is 4.85. The summed E-state index contributed by atoms with van der Waals surface area (Å²) in [5, 5.41) is 12.0. The van der Waals surface area contributed by atoms with Crippen molar-refractivity contribution in [1.29, 1.82) is 5.26 Å². The summed E-state index contributed by atoms with van der Waals surface area (Å²) >= 11 is 0. The zero-order valence-electron chi connectivity index (χ0n) is 11.5. The maximum atomic E-state index is 13.1. The third-order valence-electron chi connectivity index (χ3n) is 3.04. The Bertz CT molecular complexity index is 680. The molecule has 0 atom stereocenters. The molecule has 0 bridgehead atoms. The fourth-order valence-corrected chi connectivity index (χ4v) is 1.98. The van der Waals surface area contributed by atoms with E-state index in [9.17, 15) is 8.78 Å². The van der Waals surface area contributed by atoms with Crippen molar-refractivity contribution >= 4 is 0 Å². The number of nitrogens with one attached hydrogen (secondary N) is 1. The van der Waals surface area contributed by atoms with E-state index in [1.807, 2.05) is 0 Å². The maximum absolute atomic E-state index is 13.1. The van der Waals surface area contributed by atoms with Crippen molar-refractivity contribution in [3.05, 3.63) is 64.7 Å². The van der Waals surface area contributed by atoms with E-state index in [1.165, 1.54) is 6.07 Å². The molecule has 2 aromatic carbocycles. The van der Waals surface area contributed by atoms with Crippen LogP contribution in [0.25, 0.3) is 0 Å². The van der Waals surface area contributed by atoms with Gasteiger partial charge in [-0.05, 0) is 35.9 Å². The van der Waals surface area contributed by atoms with Crippen LogP contribution in [0.3, 0.4) is 0 Å². The second-order valence-electron chi connectivity index (χ2n) is 4.49. The summed E-state index contributed by atoms with van der Waals surface area (Å²) in [7, 11) is 1.56. The molecule has 0 aromatic heterocycles. The van der Waals surface area contributed by atoms with Crippen LogP contribution in [0.4, 0.5) is 8.78 Å². The lowest BCUT2D eigenvalue weighted by molar-refractivity contribution is 0.407. The van der Waals surface area contributed by atoms with E-state index < -0.39 is 11.6 Å². The number of benzene rings is 2. The Labute approximate surface area is 121 Å². The first kappa shape index (κ1) is 14.9. The van der Waals surface area contributed by atoms with Gasteiger partial charge in [-0.25, -0.2) is 8.78 Å². The predicted molar refractivity (Wildman–Crippen MR) is 74.6 cm³/mol. The zero-order valence-corrected chi connectivity index (χ0v) is 11.5. The Morgan fingerprint density at radius 3 is 2.57 bits per heavy atom. The Morgan fingerprint density at radius 2 is 1.90 bits per heavy atom. The lowest BCUT2D eigenvalue weighted by Crippen LogP contribution is -2.13. The summed E-state index contributed by atoms with van der Waals surface area (Å²) < 4.78 is 31.1. The van der Waals surface area contributed by atoms with Crippen LogP contribution < -0.4 is 10.1 Å². The summed E-state index contributed by atoms with van der Waals surface area (Å²) in [6, 6.07) is 11.0. The lowest BCUT2D eigenvalue weighted by Gasteiger charge is -2.10. The standard InChI is InChI=1S/C16H14F2N2O/c1-21-16-5-3-11(8-19)6-13(16)10-20-9-12-2-4-14(17)15(18)7-12/h2-7,20H,9-10H2,1H3. The van der Waals surface area contributed by atoms with Crippen LogP contribution in [0.15, 0.2) is 36.4 Å². The van der Waals surface area contributed by atoms with Crippen LogP contribution in [0.2, 0.25) is 0 Å². The molecule has 0 amide bonds. The van der Waals surface area contributed by atoms with Crippen molar-refractivity contribution < 1.29 is 13.5 Å². The Morgan fingerprint density at radius 1 is 1.10 bits per heavy atom. The second kappa shape index (κ2) is 6.82. The highest BCUT2D eigenvalue weighted by molar-refractivity contribution is 5.42. The van der Waals surface area contributed by atoms with Gasteiger partial charge in [0.2, 0.25) is 0 Å². The quantitative estimate of drug-likeness (QED) is 0.919. The van der Waals surface area contributed by atoms with Gasteiger partial charge in [0.05, 0.1) is 18.7 Å². The summed E-state index contributed by atoms with van der Waals surface area (Å²) in [5.41, 5.74) is 2.02. The number of nitrogens with zero attached hydrogens (tertiary/aromatic N) is 1. The monoisotopic (exact) mass is 288 g/mol. The number of hydrogen-bond donors (Lipinski definition) is 1. The smallest absolute Gasteiger partial charge is 0.159 e. The normalized spacial score (nSPS) is 10.2. The molecule has 21 heavy (non-hydrogen) atoms. The molecular weight excluding hydrogens is 274 g/mol. The van der Waals surface area contributed by atoms with Crippen molar-refractivity contribution in [2.75, 3.05) is 7.11 Å². The van der Waals surface area contributed by atoms with Crippen molar-refractivity contribution in [3.8, 4) is 11.8 Å². The van der Waals surface area contributed by atoms with Crippen LogP contribution in [0.1, 0.15) is 16.7 Å². The summed E-state index contributed by atoms with van der Waals surface area (Å²) in [6.07, 6.45) is 0. The molecule has 5 heteroatoms. The molecule has 0 aliphatic rings. The Balaban J connectivity index is 2.03. The highest BCUT2D eigenvalue weighted by atomic mass is 19.2. The van der Waals surface area contributed by atoms with Crippen LogP contribution in [0, 0.1) is 23.0 Å². The molecule has 0 heterocycles. The van der Waals surface area contributed by atoms with Crippen LogP contribution >= 0.6 is 0 Å². The number of halogens is 2. The molecular formula is C16H14F2N2O. The predicted octanol–water partition coefficient (Wildman–Crippen LogP) is 3.13. The van der Waals surface area contributed by atoms with E-state index in [0.717, 1.165) is 17.7 Å². The average Bonchev–Trinajstić information content (AvgIpc) is 2.50. The van der Waals surface area contributed by atoms with Crippen molar-refractivity contribution in [3.63, 3.8) is 0 Å². The topological polar surface area (TPSA) is 45.0 Å². The molecule has 2 aromatic rings. The van der Waals surface area contributed by atoms with E-state index >= 15 is 0 Å². The van der Waals surface area contributed by atoms with Gasteiger partial charge in [0.25, 0.3) is 0 Å². The van der Waals surface area contributed by atoms with Crippen molar-refractivity contribution in [2.45, 2.75) is 13.1 Å². The van der Waals surface area contributed by atoms with E-state index in [0.29, 0.717) is 30.0 Å². The molecule has 0 unspecified atom stereocenters. The molecule has 2 rings (SSSR count). The highest BCUT2D eigenvalue weighted by Crippen LogP contribution is 2.19. The lowest BCUT2D eigenvalue weighted by atomic mass is 10.1. The second-order valence-corrected chi connectivity index (χ2v) is 4.49. The number of rotatable bonds is 5. The van der Waals surface area contributed by atoms with Gasteiger partial charge >= 0.3 is 0 Å². The molecule has 0 saturated heterocycles. The first-order valence-corrected chi connectivity index (χ1v) is 6.35. The van der Waals surface area contributed by atoms with Gasteiger partial charge in [-0.1, -0.05) is 6.07 Å². The van der Waals surface area contributed by atoms with E-state index in [-0.39, 0.29) is 0 Å². The summed E-state index contributed by atoms with van der Waals surface area (Å²) in [5.74, 6) is -1.05. The summed E-state index contributed by atoms with van der Waals surface area (Å²) in [4.78, 5) is 0. The molecule has 0 spiro atoms. The van der Waals surface area contributed by atoms with Crippen molar-refractivity contribution in [1.82, 2.24) is 5.32 Å². The maximum Gasteiger partial charge on any atom is 0.159 e. The molecule has 3 nitrogen and oxygen atoms in total. The molecule has 0 radical (unpaired) electrons. The highest BCUT2D eigenvalue weighted by Gasteiger charge is 2.06. The number of hydrogen-bond acceptors (Lipinski definition) is 3. The van der Waals surface area contributed by atoms with Gasteiger partial charge in [0, 0.05) is 18.7 Å². The minimum absolute atomic E-state index is 0.386. The zero-order chi connectivity index (χ0) is 15.2. The van der Waals surface area contributed by atoms with Crippen LogP contribution in [-0.2, 0) is 13.1 Å². The number of ether oxygens (including phenoxy) is 1. The van der Waals surface area contributed by atoms with E-state index in [1.54, 1.807) is 25.3 Å². The van der Waals surface area contributed by atoms with Gasteiger partial charge in [-0.2, -0.15) is 5.26 Å². The number of nitriles is 1. The Hall–Kier alpha value is -2.45. The molecule has 108 valence electrons. The van der Waals surface area contributed by atoms with Gasteiger partial charge in [-0.15, -0.1) is 0 Å². The summed E-state index contributed by atoms with van der Waals surface area (Å²) in [6.45, 7) is 0.842. The molecule has 0 aliphatic carbocycles. The third-order valence-corrected chi connectivity index (χ3v) is 3.04. The molecule has 0 fully saturated rings. The van der Waals surface area contributed by atoms with Gasteiger partial charge in [0.15, 0.2) is 11.6 Å². The average molecular weight is 288 g/mol. The van der Waals surface area contributed by atoms with Crippen LogP contribution in [0.5, 0.6) is 5.75 Å². The minimum atomic E-state index is -0.863. The minimum Gasteiger partial charge on any atom is -0.496 e. The first-order valence-electron chi connectivity index (χ1n) is 6.35. The molecule has 0 aliphatic heterocycles. The van der Waals surface area contributed by atoms with Crippen molar-refractivity contribution in [2.24, 2.45) is 0 Å². The first-order chi connectivity index (χ1) is 10.1. The molecule has 0 saturated carbocycles. The van der Waals surface area contributed by atoms with Gasteiger partial charge < -0.3 is 10.1 Å². The van der Waals surface area contributed by atoms with Gasteiger partial charge in [-0.3, -0.25) is 0 Å². The van der Waals surface area contributed by atoms with Crippen LogP contribution in [-0.4, -0.2) is 7.11 Å². The van der Waals surface area contributed by atoms with E-state index in [2.05, 4.69) is 11.4 Å². The van der Waals surface area contributed by atoms with E-state index in [4.69, 9.17) is 10.00 Å². The fraction of sp³-hybridized carbons (Fsp3) is 0.188. The number of methoxy groups -OCH3 is 1. The third kappa shape index (κ3) is 3.77. The molecule has 1 N–H and O–H groups in total. The largest absolute Gasteiger partial charge is 0.496 e. The fourth-order valence-electron chi connectivity index (χ4n) is 1.98. The SMILES string of the molecule is COc1ccc(C#N)cc1CNCc1ccc(F)c(F)c1.